The highest BCUT2D eigenvalue weighted by Gasteiger charge is 2.20. The van der Waals surface area contributed by atoms with Gasteiger partial charge in [0, 0.05) is 5.69 Å². The highest BCUT2D eigenvalue weighted by atomic mass is 14.5. The Morgan fingerprint density at radius 2 is 1.72 bits per heavy atom. The number of nitrogen functional groups attached to an aromatic ring is 1. The van der Waals surface area contributed by atoms with Crippen LogP contribution in [0, 0.1) is 0 Å². The van der Waals surface area contributed by atoms with E-state index in [0.717, 1.165) is 12.1 Å². The number of fused-ring (bicyclic) bond motifs is 5. The van der Waals surface area contributed by atoms with Gasteiger partial charge in [0.25, 0.3) is 0 Å². The van der Waals surface area contributed by atoms with Crippen molar-refractivity contribution in [2.75, 3.05) is 5.73 Å². The van der Waals surface area contributed by atoms with Gasteiger partial charge in [0.2, 0.25) is 0 Å². The predicted octanol–water partition coefficient (Wildman–Crippen LogP) is 3.99. The Balaban J connectivity index is 2.12. The normalized spacial score (nSPS) is 12.4. The number of rotatable bonds is 0. The van der Waals surface area contributed by atoms with Crippen molar-refractivity contribution in [3.8, 4) is 11.1 Å². The fourth-order valence-electron chi connectivity index (χ4n) is 2.99. The van der Waals surface area contributed by atoms with Crippen molar-refractivity contribution < 1.29 is 0 Å². The Kier molecular flexibility index (Phi) is 1.81. The Labute approximate surface area is 106 Å². The summed E-state index contributed by atoms with van der Waals surface area (Å²) in [5, 5.41) is 2.65. The van der Waals surface area contributed by atoms with E-state index in [2.05, 4.69) is 48.5 Å². The van der Waals surface area contributed by atoms with Crippen LogP contribution in [0.4, 0.5) is 5.69 Å². The zero-order valence-corrected chi connectivity index (χ0v) is 9.98. The maximum Gasteiger partial charge on any atom is 0.0317 e. The van der Waals surface area contributed by atoms with Crippen LogP contribution >= 0.6 is 0 Å². The zero-order chi connectivity index (χ0) is 12.1. The summed E-state index contributed by atoms with van der Waals surface area (Å²) in [7, 11) is 0. The minimum absolute atomic E-state index is 0.853. The quantitative estimate of drug-likeness (QED) is 0.455. The molecule has 3 aromatic carbocycles. The topological polar surface area (TPSA) is 26.0 Å². The van der Waals surface area contributed by atoms with E-state index in [1.165, 1.54) is 33.0 Å². The van der Waals surface area contributed by atoms with Crippen LogP contribution in [0.5, 0.6) is 0 Å². The summed E-state index contributed by atoms with van der Waals surface area (Å²) in [5.74, 6) is 0. The third-order valence-electron chi connectivity index (χ3n) is 3.79. The standard InChI is InChI=1S/C17H13N/c18-14-7-8-16-13(10-14)9-12-6-5-11-3-1-2-4-15(11)17(12)16/h1-8,10H,9,18H2. The van der Waals surface area contributed by atoms with Crippen molar-refractivity contribution in [2.45, 2.75) is 6.42 Å². The van der Waals surface area contributed by atoms with Gasteiger partial charge in [-0.1, -0.05) is 42.5 Å². The van der Waals surface area contributed by atoms with E-state index >= 15 is 0 Å². The molecule has 1 aliphatic carbocycles. The largest absolute Gasteiger partial charge is 0.399 e. The van der Waals surface area contributed by atoms with E-state index in [-0.39, 0.29) is 0 Å². The Bertz CT molecular complexity index is 772. The molecule has 0 saturated heterocycles. The van der Waals surface area contributed by atoms with Gasteiger partial charge in [-0.3, -0.25) is 0 Å². The summed E-state index contributed by atoms with van der Waals surface area (Å²) in [6.07, 6.45) is 1.00. The van der Waals surface area contributed by atoms with E-state index in [0.29, 0.717) is 0 Å². The van der Waals surface area contributed by atoms with Crippen LogP contribution in [0.25, 0.3) is 21.9 Å². The fraction of sp³-hybridized carbons (Fsp3) is 0.0588. The molecule has 0 heterocycles. The molecule has 86 valence electrons. The maximum atomic E-state index is 5.88. The predicted molar refractivity (Wildman–Crippen MR) is 76.6 cm³/mol. The van der Waals surface area contributed by atoms with Crippen molar-refractivity contribution in [3.63, 3.8) is 0 Å². The van der Waals surface area contributed by atoms with Crippen LogP contribution < -0.4 is 5.73 Å². The zero-order valence-electron chi connectivity index (χ0n) is 9.98. The molecular weight excluding hydrogens is 218 g/mol. The first-order valence-electron chi connectivity index (χ1n) is 6.22. The average Bonchev–Trinajstić information content (AvgIpc) is 2.76. The van der Waals surface area contributed by atoms with E-state index in [1.54, 1.807) is 0 Å². The molecule has 0 aromatic heterocycles. The van der Waals surface area contributed by atoms with Crippen molar-refractivity contribution in [1.29, 1.82) is 0 Å². The summed E-state index contributed by atoms with van der Waals surface area (Å²) in [4.78, 5) is 0. The van der Waals surface area contributed by atoms with Crippen molar-refractivity contribution in [2.24, 2.45) is 0 Å². The first-order valence-corrected chi connectivity index (χ1v) is 6.22. The molecule has 0 unspecified atom stereocenters. The summed E-state index contributed by atoms with van der Waals surface area (Å²) >= 11 is 0. The van der Waals surface area contributed by atoms with Gasteiger partial charge in [0.15, 0.2) is 0 Å². The summed E-state index contributed by atoms with van der Waals surface area (Å²) in [5.41, 5.74) is 12.2. The molecule has 0 saturated carbocycles. The van der Waals surface area contributed by atoms with Crippen molar-refractivity contribution in [1.82, 2.24) is 0 Å². The molecule has 0 radical (unpaired) electrons. The van der Waals surface area contributed by atoms with Crippen LogP contribution in [0.3, 0.4) is 0 Å². The van der Waals surface area contributed by atoms with Gasteiger partial charge >= 0.3 is 0 Å². The van der Waals surface area contributed by atoms with E-state index < -0.39 is 0 Å². The first kappa shape index (κ1) is 9.72. The Morgan fingerprint density at radius 1 is 0.833 bits per heavy atom. The number of anilines is 1. The van der Waals surface area contributed by atoms with Crippen molar-refractivity contribution >= 4 is 16.5 Å². The number of nitrogens with two attached hydrogens (primary N) is 1. The molecule has 2 N–H and O–H groups in total. The lowest BCUT2D eigenvalue weighted by Gasteiger charge is -2.06. The summed E-state index contributed by atoms with van der Waals surface area (Å²) < 4.78 is 0. The smallest absolute Gasteiger partial charge is 0.0317 e. The van der Waals surface area contributed by atoms with Crippen LogP contribution in [-0.2, 0) is 6.42 Å². The molecule has 1 aliphatic rings. The summed E-state index contributed by atoms with van der Waals surface area (Å²) in [6.45, 7) is 0. The minimum Gasteiger partial charge on any atom is -0.399 e. The fourth-order valence-corrected chi connectivity index (χ4v) is 2.99. The summed E-state index contributed by atoms with van der Waals surface area (Å²) in [6, 6.07) is 19.3. The van der Waals surface area contributed by atoms with Gasteiger partial charge in [-0.25, -0.2) is 0 Å². The highest BCUT2D eigenvalue weighted by Crippen LogP contribution is 2.41. The van der Waals surface area contributed by atoms with Gasteiger partial charge in [0.05, 0.1) is 0 Å². The molecule has 0 fully saturated rings. The molecule has 0 spiro atoms. The van der Waals surface area contributed by atoms with Gasteiger partial charge in [-0.2, -0.15) is 0 Å². The molecule has 0 amide bonds. The van der Waals surface area contributed by atoms with Crippen molar-refractivity contribution in [3.05, 3.63) is 65.7 Å². The second kappa shape index (κ2) is 3.36. The molecule has 3 aromatic rings. The molecule has 0 atom stereocenters. The molecule has 4 rings (SSSR count). The van der Waals surface area contributed by atoms with Gasteiger partial charge in [-0.15, -0.1) is 0 Å². The van der Waals surface area contributed by atoms with Gasteiger partial charge in [0.1, 0.15) is 0 Å². The number of hydrogen-bond acceptors (Lipinski definition) is 1. The molecule has 1 heteroatoms. The van der Waals surface area contributed by atoms with Gasteiger partial charge in [-0.05, 0) is 51.6 Å². The monoisotopic (exact) mass is 231 g/mol. The van der Waals surface area contributed by atoms with Crippen LogP contribution in [-0.4, -0.2) is 0 Å². The third kappa shape index (κ3) is 1.22. The Morgan fingerprint density at radius 3 is 2.67 bits per heavy atom. The van der Waals surface area contributed by atoms with Crippen LogP contribution in [0.2, 0.25) is 0 Å². The van der Waals surface area contributed by atoms with E-state index in [1.807, 2.05) is 6.07 Å². The highest BCUT2D eigenvalue weighted by molar-refractivity contribution is 6.01. The van der Waals surface area contributed by atoms with Gasteiger partial charge < -0.3 is 5.73 Å². The second-order valence-electron chi connectivity index (χ2n) is 4.91. The Hall–Kier alpha value is -2.28. The maximum absolute atomic E-state index is 5.88. The SMILES string of the molecule is Nc1ccc2c(c1)Cc1ccc3ccccc3c1-2. The molecule has 1 nitrogen and oxygen atoms in total. The van der Waals surface area contributed by atoms with E-state index in [9.17, 15) is 0 Å². The second-order valence-corrected chi connectivity index (χ2v) is 4.91. The lowest BCUT2D eigenvalue weighted by atomic mass is 9.98. The van der Waals surface area contributed by atoms with Crippen LogP contribution in [0.1, 0.15) is 11.1 Å². The molecule has 0 aliphatic heterocycles. The van der Waals surface area contributed by atoms with Crippen LogP contribution in [0.15, 0.2) is 54.6 Å². The molecular formula is C17H13N. The number of hydrogen-bond donors (Lipinski definition) is 1. The molecule has 0 bridgehead atoms. The number of benzene rings is 3. The van der Waals surface area contributed by atoms with E-state index in [4.69, 9.17) is 5.73 Å². The average molecular weight is 231 g/mol. The third-order valence-corrected chi connectivity index (χ3v) is 3.79. The lowest BCUT2D eigenvalue weighted by Crippen LogP contribution is -1.86. The molecule has 18 heavy (non-hydrogen) atoms. The minimum atomic E-state index is 0.853. The lowest BCUT2D eigenvalue weighted by molar-refractivity contribution is 1.27. The first-order chi connectivity index (χ1) is 8.83.